The Labute approximate surface area is 82.0 Å². The van der Waals surface area contributed by atoms with E-state index in [2.05, 4.69) is 15.4 Å². The van der Waals surface area contributed by atoms with Crippen molar-refractivity contribution < 1.29 is 17.9 Å². The molecule has 0 radical (unpaired) electrons. The van der Waals surface area contributed by atoms with E-state index < -0.39 is 12.8 Å². The molecule has 0 aliphatic carbocycles. The molecule has 0 spiro atoms. The lowest BCUT2D eigenvalue weighted by atomic mass is 10.4. The Hall–Kier alpha value is -0.330. The summed E-state index contributed by atoms with van der Waals surface area (Å²) in [6, 6.07) is 0. The standard InChI is InChI=1S/C8H17F3N2O/c1-12-3-2-4-13-5-6-14-7-8(9,10)11/h12-13H,2-7H2,1H3. The highest BCUT2D eigenvalue weighted by Crippen LogP contribution is 2.13. The molecule has 0 amide bonds. The van der Waals surface area contributed by atoms with Crippen molar-refractivity contribution in [2.45, 2.75) is 12.6 Å². The van der Waals surface area contributed by atoms with Crippen LogP contribution in [0, 0.1) is 0 Å². The average Bonchev–Trinajstić information content (AvgIpc) is 2.08. The largest absolute Gasteiger partial charge is 0.411 e. The lowest BCUT2D eigenvalue weighted by molar-refractivity contribution is -0.173. The van der Waals surface area contributed by atoms with Crippen molar-refractivity contribution in [2.24, 2.45) is 0 Å². The molecular formula is C8H17F3N2O. The first-order chi connectivity index (χ1) is 6.56. The van der Waals surface area contributed by atoms with Gasteiger partial charge in [-0.15, -0.1) is 0 Å². The predicted octanol–water partition coefficient (Wildman–Crippen LogP) is 0.764. The van der Waals surface area contributed by atoms with E-state index in [1.165, 1.54) is 0 Å². The molecule has 0 aliphatic heterocycles. The monoisotopic (exact) mass is 214 g/mol. The molecule has 0 aromatic heterocycles. The zero-order chi connectivity index (χ0) is 10.9. The lowest BCUT2D eigenvalue weighted by Gasteiger charge is -2.08. The molecule has 3 nitrogen and oxygen atoms in total. The zero-order valence-electron chi connectivity index (χ0n) is 8.28. The first-order valence-corrected chi connectivity index (χ1v) is 4.56. The van der Waals surface area contributed by atoms with Crippen LogP contribution in [-0.4, -0.2) is 46.1 Å². The summed E-state index contributed by atoms with van der Waals surface area (Å²) in [6.07, 6.45) is -3.26. The van der Waals surface area contributed by atoms with E-state index in [1.807, 2.05) is 7.05 Å². The van der Waals surface area contributed by atoms with Crippen LogP contribution in [0.25, 0.3) is 0 Å². The predicted molar refractivity (Wildman–Crippen MR) is 48.3 cm³/mol. The van der Waals surface area contributed by atoms with E-state index in [9.17, 15) is 13.2 Å². The second kappa shape index (κ2) is 8.02. The number of rotatable bonds is 8. The van der Waals surface area contributed by atoms with Crippen LogP contribution < -0.4 is 10.6 Å². The van der Waals surface area contributed by atoms with E-state index in [0.29, 0.717) is 6.54 Å². The summed E-state index contributed by atoms with van der Waals surface area (Å²) < 4.78 is 39.1. The van der Waals surface area contributed by atoms with Crippen LogP contribution in [0.5, 0.6) is 0 Å². The zero-order valence-corrected chi connectivity index (χ0v) is 8.28. The van der Waals surface area contributed by atoms with E-state index >= 15 is 0 Å². The van der Waals surface area contributed by atoms with Crippen LogP contribution in [0.2, 0.25) is 0 Å². The van der Waals surface area contributed by atoms with Crippen LogP contribution in [-0.2, 0) is 4.74 Å². The summed E-state index contributed by atoms with van der Waals surface area (Å²) >= 11 is 0. The summed E-state index contributed by atoms with van der Waals surface area (Å²) in [7, 11) is 1.85. The molecule has 0 bridgehead atoms. The summed E-state index contributed by atoms with van der Waals surface area (Å²) in [4.78, 5) is 0. The number of hydrogen-bond donors (Lipinski definition) is 2. The summed E-state index contributed by atoms with van der Waals surface area (Å²) in [6.45, 7) is 1.08. The molecule has 0 saturated heterocycles. The second-order valence-electron chi connectivity index (χ2n) is 2.87. The molecule has 6 heteroatoms. The highest BCUT2D eigenvalue weighted by Gasteiger charge is 2.26. The van der Waals surface area contributed by atoms with Crippen molar-refractivity contribution in [3.05, 3.63) is 0 Å². The molecule has 0 unspecified atom stereocenters. The van der Waals surface area contributed by atoms with Gasteiger partial charge in [0.25, 0.3) is 0 Å². The van der Waals surface area contributed by atoms with Gasteiger partial charge in [-0.05, 0) is 26.6 Å². The van der Waals surface area contributed by atoms with Crippen LogP contribution >= 0.6 is 0 Å². The van der Waals surface area contributed by atoms with Crippen LogP contribution in [0.15, 0.2) is 0 Å². The van der Waals surface area contributed by atoms with Crippen molar-refractivity contribution in [1.29, 1.82) is 0 Å². The van der Waals surface area contributed by atoms with Crippen molar-refractivity contribution in [2.75, 3.05) is 39.9 Å². The quantitative estimate of drug-likeness (QED) is 0.585. The van der Waals surface area contributed by atoms with E-state index in [0.717, 1.165) is 19.5 Å². The van der Waals surface area contributed by atoms with Gasteiger partial charge in [0.2, 0.25) is 0 Å². The van der Waals surface area contributed by atoms with Gasteiger partial charge in [0.1, 0.15) is 6.61 Å². The third-order valence-corrected chi connectivity index (χ3v) is 1.47. The normalized spacial score (nSPS) is 12.0. The maximum Gasteiger partial charge on any atom is 0.411 e. The molecule has 0 saturated carbocycles. The van der Waals surface area contributed by atoms with Gasteiger partial charge in [-0.2, -0.15) is 13.2 Å². The average molecular weight is 214 g/mol. The highest BCUT2D eigenvalue weighted by molar-refractivity contribution is 4.50. The second-order valence-corrected chi connectivity index (χ2v) is 2.87. The van der Waals surface area contributed by atoms with Crippen molar-refractivity contribution in [3.8, 4) is 0 Å². The van der Waals surface area contributed by atoms with Gasteiger partial charge >= 0.3 is 6.18 Å². The fraction of sp³-hybridized carbons (Fsp3) is 1.00. The van der Waals surface area contributed by atoms with Gasteiger partial charge in [0.15, 0.2) is 0 Å². The van der Waals surface area contributed by atoms with Crippen LogP contribution in [0.1, 0.15) is 6.42 Å². The van der Waals surface area contributed by atoms with Gasteiger partial charge in [0.05, 0.1) is 6.61 Å². The molecule has 0 rings (SSSR count). The SMILES string of the molecule is CNCCCNCCOCC(F)(F)F. The Bertz CT molecular complexity index is 130. The number of nitrogens with one attached hydrogen (secondary N) is 2. The van der Waals surface area contributed by atoms with Gasteiger partial charge in [-0.1, -0.05) is 0 Å². The maximum absolute atomic E-state index is 11.6. The first kappa shape index (κ1) is 13.7. The molecule has 86 valence electrons. The van der Waals surface area contributed by atoms with Gasteiger partial charge in [-0.3, -0.25) is 0 Å². The third kappa shape index (κ3) is 11.7. The van der Waals surface area contributed by atoms with Crippen molar-refractivity contribution in [1.82, 2.24) is 10.6 Å². The van der Waals surface area contributed by atoms with Gasteiger partial charge < -0.3 is 15.4 Å². The molecule has 0 aromatic rings. The fourth-order valence-electron chi connectivity index (χ4n) is 0.847. The third-order valence-electron chi connectivity index (χ3n) is 1.47. The molecule has 0 fully saturated rings. The minimum absolute atomic E-state index is 0.0963. The Balaban J connectivity index is 2.99. The topological polar surface area (TPSA) is 33.3 Å². The fourth-order valence-corrected chi connectivity index (χ4v) is 0.847. The molecule has 0 atom stereocenters. The Morgan fingerprint density at radius 3 is 2.43 bits per heavy atom. The minimum Gasteiger partial charge on any atom is -0.371 e. The smallest absolute Gasteiger partial charge is 0.371 e. The number of ether oxygens (including phenoxy) is 1. The lowest BCUT2D eigenvalue weighted by Crippen LogP contribution is -2.25. The van der Waals surface area contributed by atoms with Crippen LogP contribution in [0.3, 0.4) is 0 Å². The minimum atomic E-state index is -4.22. The van der Waals surface area contributed by atoms with Gasteiger partial charge in [0, 0.05) is 6.54 Å². The molecular weight excluding hydrogens is 197 g/mol. The molecule has 2 N–H and O–H groups in total. The summed E-state index contributed by atoms with van der Waals surface area (Å²) in [5, 5.41) is 5.94. The molecule has 0 heterocycles. The van der Waals surface area contributed by atoms with E-state index in [1.54, 1.807) is 0 Å². The number of alkyl halides is 3. The maximum atomic E-state index is 11.6. The molecule has 14 heavy (non-hydrogen) atoms. The Morgan fingerprint density at radius 2 is 1.86 bits per heavy atom. The highest BCUT2D eigenvalue weighted by atomic mass is 19.4. The summed E-state index contributed by atoms with van der Waals surface area (Å²) in [5.74, 6) is 0. The van der Waals surface area contributed by atoms with E-state index in [-0.39, 0.29) is 6.61 Å². The van der Waals surface area contributed by atoms with Crippen LogP contribution in [0.4, 0.5) is 13.2 Å². The van der Waals surface area contributed by atoms with Crippen molar-refractivity contribution >= 4 is 0 Å². The Kier molecular flexibility index (Phi) is 7.83. The number of hydrogen-bond acceptors (Lipinski definition) is 3. The Morgan fingerprint density at radius 1 is 1.14 bits per heavy atom. The molecule has 0 aliphatic rings. The molecule has 0 aromatic carbocycles. The summed E-state index contributed by atoms with van der Waals surface area (Å²) in [5.41, 5.74) is 0. The number of halogens is 3. The van der Waals surface area contributed by atoms with E-state index in [4.69, 9.17) is 0 Å². The van der Waals surface area contributed by atoms with Gasteiger partial charge in [-0.25, -0.2) is 0 Å². The first-order valence-electron chi connectivity index (χ1n) is 4.56. The van der Waals surface area contributed by atoms with Crippen molar-refractivity contribution in [3.63, 3.8) is 0 Å².